The second-order valence-electron chi connectivity index (χ2n) is 4.96. The second-order valence-corrected chi connectivity index (χ2v) is 7.11. The van der Waals surface area contributed by atoms with E-state index < -0.39 is 10.0 Å². The Labute approximate surface area is 113 Å². The van der Waals surface area contributed by atoms with Crippen LogP contribution in [0.4, 0.5) is 0 Å². The number of aromatic nitrogens is 2. The number of nitrogens with one attached hydrogen (secondary N) is 1. The molecule has 1 fully saturated rings. The van der Waals surface area contributed by atoms with Crippen LogP contribution in [0.25, 0.3) is 0 Å². The predicted molar refractivity (Wildman–Crippen MR) is 69.8 cm³/mol. The minimum Gasteiger partial charge on any atom is -0.266 e. The maximum absolute atomic E-state index is 12.5. The number of nitrogens with zero attached hydrogens (tertiary/aromatic N) is 2. The molecule has 2 unspecified atom stereocenters. The summed E-state index contributed by atoms with van der Waals surface area (Å²) in [6, 6.07) is 0. The molecule has 0 amide bonds. The SMILES string of the molecule is CC1CCN(S(=O)(=O)c2[nH]ncc2CCl)CC1C. The van der Waals surface area contributed by atoms with Gasteiger partial charge in [0.25, 0.3) is 10.0 Å². The lowest BCUT2D eigenvalue weighted by Gasteiger charge is -2.34. The number of halogens is 1. The molecule has 0 saturated carbocycles. The van der Waals surface area contributed by atoms with Crippen molar-refractivity contribution >= 4 is 21.6 Å². The summed E-state index contributed by atoms with van der Waals surface area (Å²) in [5.74, 6) is 1.08. The molecule has 0 radical (unpaired) electrons. The summed E-state index contributed by atoms with van der Waals surface area (Å²) in [4.78, 5) is 0. The van der Waals surface area contributed by atoms with E-state index in [4.69, 9.17) is 11.6 Å². The van der Waals surface area contributed by atoms with Gasteiger partial charge in [-0.25, -0.2) is 8.42 Å². The minimum absolute atomic E-state index is 0.138. The number of aromatic amines is 1. The van der Waals surface area contributed by atoms with Gasteiger partial charge in [-0.3, -0.25) is 5.10 Å². The number of alkyl halides is 1. The summed E-state index contributed by atoms with van der Waals surface area (Å²) in [5.41, 5.74) is 0.531. The topological polar surface area (TPSA) is 66.1 Å². The first kappa shape index (κ1) is 13.8. The smallest absolute Gasteiger partial charge is 0.260 e. The third-order valence-corrected chi connectivity index (χ3v) is 5.89. The molecule has 7 heteroatoms. The molecule has 102 valence electrons. The fourth-order valence-corrected chi connectivity index (χ4v) is 4.13. The lowest BCUT2D eigenvalue weighted by Crippen LogP contribution is -2.42. The Morgan fingerprint density at radius 3 is 2.83 bits per heavy atom. The molecule has 2 atom stereocenters. The van der Waals surface area contributed by atoms with Crippen LogP contribution in [0.1, 0.15) is 25.8 Å². The molecule has 1 aliphatic heterocycles. The van der Waals surface area contributed by atoms with Gasteiger partial charge in [0.2, 0.25) is 0 Å². The van der Waals surface area contributed by atoms with Gasteiger partial charge >= 0.3 is 0 Å². The first-order chi connectivity index (χ1) is 8.46. The maximum Gasteiger partial charge on any atom is 0.260 e. The van der Waals surface area contributed by atoms with E-state index in [0.717, 1.165) is 6.42 Å². The summed E-state index contributed by atoms with van der Waals surface area (Å²) in [6.07, 6.45) is 2.36. The molecule has 5 nitrogen and oxygen atoms in total. The minimum atomic E-state index is -3.49. The van der Waals surface area contributed by atoms with Crippen LogP contribution in [0.2, 0.25) is 0 Å². The normalized spacial score (nSPS) is 26.4. The summed E-state index contributed by atoms with van der Waals surface area (Å²) in [5, 5.41) is 6.47. The molecule has 1 aliphatic rings. The molecule has 1 aromatic heterocycles. The Balaban J connectivity index is 2.27. The van der Waals surface area contributed by atoms with Crippen molar-refractivity contribution in [3.63, 3.8) is 0 Å². The van der Waals surface area contributed by atoms with Gasteiger partial charge < -0.3 is 0 Å². The van der Waals surface area contributed by atoms with Crippen LogP contribution in [0.3, 0.4) is 0 Å². The molecule has 1 N–H and O–H groups in total. The molecule has 1 aromatic rings. The Hall–Kier alpha value is -0.590. The highest BCUT2D eigenvalue weighted by molar-refractivity contribution is 7.89. The molecule has 0 bridgehead atoms. The standard InChI is InChI=1S/C11H18ClN3O2S/c1-8-3-4-15(7-9(8)2)18(16,17)11-10(5-12)6-13-14-11/h6,8-9H,3-5,7H2,1-2H3,(H,13,14). The molecular formula is C11H18ClN3O2S. The van der Waals surface area contributed by atoms with E-state index in [9.17, 15) is 8.42 Å². The van der Waals surface area contributed by atoms with Gasteiger partial charge in [0.05, 0.1) is 12.1 Å². The van der Waals surface area contributed by atoms with Crippen molar-refractivity contribution in [1.82, 2.24) is 14.5 Å². The van der Waals surface area contributed by atoms with Gasteiger partial charge in [-0.2, -0.15) is 9.40 Å². The van der Waals surface area contributed by atoms with E-state index in [1.807, 2.05) is 0 Å². The Morgan fingerprint density at radius 2 is 2.22 bits per heavy atom. The fourth-order valence-electron chi connectivity index (χ4n) is 2.19. The highest BCUT2D eigenvalue weighted by Crippen LogP contribution is 2.28. The van der Waals surface area contributed by atoms with E-state index in [-0.39, 0.29) is 10.9 Å². The Bertz CT molecular complexity index is 514. The zero-order valence-electron chi connectivity index (χ0n) is 10.6. The van der Waals surface area contributed by atoms with Crippen molar-refractivity contribution in [1.29, 1.82) is 0 Å². The van der Waals surface area contributed by atoms with Crippen LogP contribution in [-0.4, -0.2) is 36.0 Å². The van der Waals surface area contributed by atoms with Crippen molar-refractivity contribution in [2.45, 2.75) is 31.2 Å². The van der Waals surface area contributed by atoms with Crippen LogP contribution in [0.15, 0.2) is 11.2 Å². The van der Waals surface area contributed by atoms with Gasteiger partial charge in [-0.05, 0) is 18.3 Å². The van der Waals surface area contributed by atoms with Crippen LogP contribution < -0.4 is 0 Å². The molecule has 0 spiro atoms. The fraction of sp³-hybridized carbons (Fsp3) is 0.727. The first-order valence-electron chi connectivity index (χ1n) is 6.05. The Kier molecular flexibility index (Phi) is 3.99. The van der Waals surface area contributed by atoms with Crippen LogP contribution in [0.5, 0.6) is 0 Å². The number of hydrogen-bond donors (Lipinski definition) is 1. The van der Waals surface area contributed by atoms with Crippen LogP contribution in [-0.2, 0) is 15.9 Å². The zero-order valence-corrected chi connectivity index (χ0v) is 12.1. The third-order valence-electron chi connectivity index (χ3n) is 3.72. The molecule has 1 saturated heterocycles. The number of rotatable bonds is 3. The molecule has 18 heavy (non-hydrogen) atoms. The third kappa shape index (κ3) is 2.41. The summed E-state index contributed by atoms with van der Waals surface area (Å²) in [7, 11) is -3.49. The van der Waals surface area contributed by atoms with Gasteiger partial charge in [0.1, 0.15) is 0 Å². The molecule has 2 heterocycles. The quantitative estimate of drug-likeness (QED) is 0.864. The largest absolute Gasteiger partial charge is 0.266 e. The monoisotopic (exact) mass is 291 g/mol. The van der Waals surface area contributed by atoms with Crippen LogP contribution in [0, 0.1) is 11.8 Å². The van der Waals surface area contributed by atoms with Crippen molar-refractivity contribution in [3.8, 4) is 0 Å². The van der Waals surface area contributed by atoms with Crippen molar-refractivity contribution in [2.24, 2.45) is 11.8 Å². The lowest BCUT2D eigenvalue weighted by atomic mass is 9.90. The summed E-state index contributed by atoms with van der Waals surface area (Å²) in [6.45, 7) is 5.37. The van der Waals surface area contributed by atoms with Gasteiger partial charge in [0, 0.05) is 18.7 Å². The van der Waals surface area contributed by atoms with E-state index in [0.29, 0.717) is 30.5 Å². The summed E-state index contributed by atoms with van der Waals surface area (Å²) >= 11 is 5.73. The number of hydrogen-bond acceptors (Lipinski definition) is 3. The van der Waals surface area contributed by atoms with Crippen LogP contribution >= 0.6 is 11.6 Å². The highest BCUT2D eigenvalue weighted by Gasteiger charge is 2.33. The zero-order chi connectivity index (χ0) is 13.3. The lowest BCUT2D eigenvalue weighted by molar-refractivity contribution is 0.212. The van der Waals surface area contributed by atoms with E-state index in [2.05, 4.69) is 24.0 Å². The van der Waals surface area contributed by atoms with E-state index in [1.54, 1.807) is 0 Å². The van der Waals surface area contributed by atoms with Crippen molar-refractivity contribution in [2.75, 3.05) is 13.1 Å². The average Bonchev–Trinajstić information content (AvgIpc) is 2.81. The number of piperidine rings is 1. The Morgan fingerprint density at radius 1 is 1.50 bits per heavy atom. The second kappa shape index (κ2) is 5.19. The maximum atomic E-state index is 12.5. The van der Waals surface area contributed by atoms with E-state index in [1.165, 1.54) is 10.5 Å². The first-order valence-corrected chi connectivity index (χ1v) is 8.02. The van der Waals surface area contributed by atoms with Crippen molar-refractivity contribution in [3.05, 3.63) is 11.8 Å². The molecule has 2 rings (SSSR count). The molecular weight excluding hydrogens is 274 g/mol. The predicted octanol–water partition coefficient (Wildman–Crippen LogP) is 1.82. The van der Waals surface area contributed by atoms with Gasteiger partial charge in [0.15, 0.2) is 5.03 Å². The summed E-state index contributed by atoms with van der Waals surface area (Å²) < 4.78 is 26.5. The highest BCUT2D eigenvalue weighted by atomic mass is 35.5. The van der Waals surface area contributed by atoms with Gasteiger partial charge in [-0.15, -0.1) is 11.6 Å². The van der Waals surface area contributed by atoms with Gasteiger partial charge in [-0.1, -0.05) is 13.8 Å². The molecule has 0 aromatic carbocycles. The number of sulfonamides is 1. The molecule has 0 aliphatic carbocycles. The average molecular weight is 292 g/mol. The van der Waals surface area contributed by atoms with Crippen molar-refractivity contribution < 1.29 is 8.42 Å². The number of H-pyrrole nitrogens is 1. The van der Waals surface area contributed by atoms with E-state index >= 15 is 0 Å².